The molecular formula is C26H30O8. The summed E-state index contributed by atoms with van der Waals surface area (Å²) >= 11 is 0. The average Bonchev–Trinajstić information content (AvgIpc) is 3.20. The van der Waals surface area contributed by atoms with Crippen LogP contribution in [0, 0.1) is 0 Å². The lowest BCUT2D eigenvalue weighted by atomic mass is 9.90. The van der Waals surface area contributed by atoms with Crippen LogP contribution >= 0.6 is 0 Å². The van der Waals surface area contributed by atoms with E-state index in [9.17, 15) is 24.9 Å². The van der Waals surface area contributed by atoms with Crippen LogP contribution in [0.1, 0.15) is 68.2 Å². The predicted octanol–water partition coefficient (Wildman–Crippen LogP) is 4.72. The molecule has 0 aliphatic carbocycles. The van der Waals surface area contributed by atoms with E-state index in [0.29, 0.717) is 29.7 Å². The Morgan fingerprint density at radius 2 is 1.65 bits per heavy atom. The van der Waals surface area contributed by atoms with Gasteiger partial charge < -0.3 is 29.5 Å². The van der Waals surface area contributed by atoms with Crippen LogP contribution in [0.5, 0.6) is 23.0 Å². The number of unbranched alkanes of at least 4 members (excludes halogenated alkanes) is 2. The number of esters is 2. The van der Waals surface area contributed by atoms with Gasteiger partial charge in [0.2, 0.25) is 0 Å². The molecule has 0 radical (unpaired) electrons. The Bertz CT molecular complexity index is 1060. The van der Waals surface area contributed by atoms with Crippen molar-refractivity contribution in [3.63, 3.8) is 0 Å². The quantitative estimate of drug-likeness (QED) is 0.197. The van der Waals surface area contributed by atoms with Gasteiger partial charge in [-0.3, -0.25) is 4.79 Å². The van der Waals surface area contributed by atoms with Crippen molar-refractivity contribution in [3.8, 4) is 23.0 Å². The van der Waals surface area contributed by atoms with Gasteiger partial charge in [0, 0.05) is 11.6 Å². The first kappa shape index (κ1) is 25.0. The van der Waals surface area contributed by atoms with E-state index in [0.717, 1.165) is 19.3 Å². The highest BCUT2D eigenvalue weighted by atomic mass is 16.5. The number of ether oxygens (including phenoxy) is 3. The van der Waals surface area contributed by atoms with Crippen LogP contribution in [0.4, 0.5) is 0 Å². The first-order valence-electron chi connectivity index (χ1n) is 11.4. The second kappa shape index (κ2) is 11.4. The Kier molecular flexibility index (Phi) is 8.40. The number of phenolic OH excluding ortho intramolecular Hbond substituents is 3. The van der Waals surface area contributed by atoms with E-state index in [1.807, 2.05) is 13.8 Å². The third-order valence-electron chi connectivity index (χ3n) is 5.48. The highest BCUT2D eigenvalue weighted by Gasteiger charge is 2.43. The van der Waals surface area contributed by atoms with Crippen molar-refractivity contribution in [3.05, 3.63) is 53.1 Å². The summed E-state index contributed by atoms with van der Waals surface area (Å²) in [5, 5.41) is 30.2. The first-order valence-corrected chi connectivity index (χ1v) is 11.4. The summed E-state index contributed by atoms with van der Waals surface area (Å²) in [5.41, 5.74) is 1.31. The SMILES string of the molecule is CCCCOC(=O)/C=C/c1cc(O)c2c(c1)[C@H](C(=O)OCCCC)[C@@H](c1ccc(O)c(O)c1)O2. The van der Waals surface area contributed by atoms with Crippen molar-refractivity contribution < 1.29 is 39.1 Å². The maximum atomic E-state index is 13.1. The second-order valence-electron chi connectivity index (χ2n) is 8.10. The maximum absolute atomic E-state index is 13.1. The van der Waals surface area contributed by atoms with Gasteiger partial charge in [-0.25, -0.2) is 4.79 Å². The minimum atomic E-state index is -0.924. The van der Waals surface area contributed by atoms with E-state index in [1.165, 1.54) is 36.4 Å². The van der Waals surface area contributed by atoms with Gasteiger partial charge >= 0.3 is 11.9 Å². The topological polar surface area (TPSA) is 123 Å². The summed E-state index contributed by atoms with van der Waals surface area (Å²) in [6.07, 6.45) is 5.09. The van der Waals surface area contributed by atoms with Crippen LogP contribution < -0.4 is 4.74 Å². The molecule has 8 heteroatoms. The molecule has 0 spiro atoms. The third-order valence-corrected chi connectivity index (χ3v) is 5.48. The number of hydrogen-bond acceptors (Lipinski definition) is 8. The van der Waals surface area contributed by atoms with Crippen molar-refractivity contribution in [2.45, 2.75) is 51.6 Å². The lowest BCUT2D eigenvalue weighted by molar-refractivity contribution is -0.147. The van der Waals surface area contributed by atoms with Crippen LogP contribution in [0.2, 0.25) is 0 Å². The third kappa shape index (κ3) is 5.81. The molecule has 3 N–H and O–H groups in total. The maximum Gasteiger partial charge on any atom is 0.330 e. The number of aromatic hydroxyl groups is 3. The molecular weight excluding hydrogens is 440 g/mol. The molecule has 3 rings (SSSR count). The molecule has 2 aromatic rings. The molecule has 2 aromatic carbocycles. The molecule has 8 nitrogen and oxygen atoms in total. The van der Waals surface area contributed by atoms with E-state index in [2.05, 4.69) is 0 Å². The van der Waals surface area contributed by atoms with Gasteiger partial charge in [-0.1, -0.05) is 32.8 Å². The molecule has 2 atom stereocenters. The zero-order valence-electron chi connectivity index (χ0n) is 19.3. The van der Waals surface area contributed by atoms with Gasteiger partial charge in [0.05, 0.1) is 13.2 Å². The Morgan fingerprint density at radius 1 is 0.941 bits per heavy atom. The molecule has 0 amide bonds. The fourth-order valence-corrected chi connectivity index (χ4v) is 3.64. The second-order valence-corrected chi connectivity index (χ2v) is 8.10. The number of fused-ring (bicyclic) bond motifs is 1. The van der Waals surface area contributed by atoms with Gasteiger partial charge in [-0.15, -0.1) is 0 Å². The minimum Gasteiger partial charge on any atom is -0.504 e. The number of carbonyl (C=O) groups excluding carboxylic acids is 2. The minimum absolute atomic E-state index is 0.123. The van der Waals surface area contributed by atoms with Gasteiger partial charge in [0.1, 0.15) is 12.0 Å². The Labute approximate surface area is 198 Å². The van der Waals surface area contributed by atoms with Crippen molar-refractivity contribution in [2.24, 2.45) is 0 Å². The fraction of sp³-hybridized carbons (Fsp3) is 0.385. The van der Waals surface area contributed by atoms with E-state index in [4.69, 9.17) is 14.2 Å². The molecule has 1 aliphatic rings. The predicted molar refractivity (Wildman–Crippen MR) is 125 cm³/mol. The highest BCUT2D eigenvalue weighted by Crippen LogP contribution is 2.51. The number of hydrogen-bond donors (Lipinski definition) is 3. The number of phenols is 3. The largest absolute Gasteiger partial charge is 0.504 e. The van der Waals surface area contributed by atoms with Gasteiger partial charge in [-0.05, 0) is 54.3 Å². The van der Waals surface area contributed by atoms with Gasteiger partial charge in [-0.2, -0.15) is 0 Å². The highest BCUT2D eigenvalue weighted by molar-refractivity contribution is 5.88. The molecule has 0 saturated heterocycles. The first-order chi connectivity index (χ1) is 16.3. The van der Waals surface area contributed by atoms with Crippen molar-refractivity contribution in [1.29, 1.82) is 0 Å². The summed E-state index contributed by atoms with van der Waals surface area (Å²) in [4.78, 5) is 25.0. The molecule has 34 heavy (non-hydrogen) atoms. The Balaban J connectivity index is 1.93. The zero-order valence-corrected chi connectivity index (χ0v) is 19.3. The Morgan fingerprint density at radius 3 is 2.32 bits per heavy atom. The summed E-state index contributed by atoms with van der Waals surface area (Å²) in [5.74, 6) is -2.70. The molecule has 182 valence electrons. The Hall–Kier alpha value is -3.68. The summed E-state index contributed by atoms with van der Waals surface area (Å²) in [6.45, 7) is 4.54. The fourth-order valence-electron chi connectivity index (χ4n) is 3.64. The molecule has 1 heterocycles. The molecule has 0 saturated carbocycles. The molecule has 0 bridgehead atoms. The molecule has 0 fully saturated rings. The molecule has 0 unspecified atom stereocenters. The monoisotopic (exact) mass is 470 g/mol. The van der Waals surface area contributed by atoms with Crippen molar-refractivity contribution in [2.75, 3.05) is 13.2 Å². The summed E-state index contributed by atoms with van der Waals surface area (Å²) < 4.78 is 16.5. The lowest BCUT2D eigenvalue weighted by Gasteiger charge is -2.19. The van der Waals surface area contributed by atoms with Crippen LogP contribution in [0.25, 0.3) is 6.08 Å². The summed E-state index contributed by atoms with van der Waals surface area (Å²) in [6, 6.07) is 7.21. The zero-order chi connectivity index (χ0) is 24.7. The van der Waals surface area contributed by atoms with E-state index in [-0.39, 0.29) is 29.6 Å². The van der Waals surface area contributed by atoms with Crippen LogP contribution in [-0.4, -0.2) is 40.5 Å². The molecule has 0 aromatic heterocycles. The number of benzene rings is 2. The van der Waals surface area contributed by atoms with E-state index >= 15 is 0 Å². The number of carbonyl (C=O) groups is 2. The van der Waals surface area contributed by atoms with Crippen LogP contribution in [0.15, 0.2) is 36.4 Å². The van der Waals surface area contributed by atoms with Crippen molar-refractivity contribution >= 4 is 18.0 Å². The smallest absolute Gasteiger partial charge is 0.330 e. The van der Waals surface area contributed by atoms with E-state index < -0.39 is 24.0 Å². The average molecular weight is 471 g/mol. The molecule has 1 aliphatic heterocycles. The van der Waals surface area contributed by atoms with Crippen LogP contribution in [0.3, 0.4) is 0 Å². The van der Waals surface area contributed by atoms with Crippen LogP contribution in [-0.2, 0) is 19.1 Å². The number of rotatable bonds is 10. The standard InChI is InChI=1S/C26H30O8/c1-3-5-11-32-22(30)10-7-16-13-18-23(26(31)33-12-6-4-2)24(34-25(18)21(29)14-16)17-8-9-19(27)20(28)15-17/h7-10,13-15,23-24,27-29H,3-6,11-12H2,1-2H3/b10-7+/t23-,24+/m0/s1. The normalized spacial score (nSPS) is 16.8. The van der Waals surface area contributed by atoms with E-state index in [1.54, 1.807) is 6.07 Å². The van der Waals surface area contributed by atoms with Gasteiger partial charge in [0.25, 0.3) is 0 Å². The van der Waals surface area contributed by atoms with Gasteiger partial charge in [0.15, 0.2) is 23.0 Å². The summed E-state index contributed by atoms with van der Waals surface area (Å²) in [7, 11) is 0. The van der Waals surface area contributed by atoms with Crippen molar-refractivity contribution in [1.82, 2.24) is 0 Å². The lowest BCUT2D eigenvalue weighted by Crippen LogP contribution is -2.21.